The van der Waals surface area contributed by atoms with Crippen LogP contribution in [-0.2, 0) is 11.3 Å². The Bertz CT molecular complexity index is 1130. The molecule has 5 rings (SSSR count). The number of carbonyl (C=O) groups is 1. The quantitative estimate of drug-likeness (QED) is 0.560. The molecular weight excluding hydrogens is 370 g/mol. The van der Waals surface area contributed by atoms with Gasteiger partial charge in [-0.2, -0.15) is 10.1 Å². The van der Waals surface area contributed by atoms with Crippen molar-refractivity contribution in [3.05, 3.63) is 65.7 Å². The molecule has 1 amide bonds. The van der Waals surface area contributed by atoms with Gasteiger partial charge in [-0.25, -0.2) is 0 Å². The first-order valence-electron chi connectivity index (χ1n) is 9.42. The lowest BCUT2D eigenvalue weighted by molar-refractivity contribution is -0.128. The summed E-state index contributed by atoms with van der Waals surface area (Å²) in [5, 5.41) is 11.2. The number of aromatic amines is 1. The minimum absolute atomic E-state index is 0.0853. The molecule has 0 aliphatic carbocycles. The first-order valence-corrected chi connectivity index (χ1v) is 9.42. The highest BCUT2D eigenvalue weighted by Crippen LogP contribution is 2.29. The van der Waals surface area contributed by atoms with Gasteiger partial charge in [0.25, 0.3) is 5.89 Å². The molecule has 29 heavy (non-hydrogen) atoms. The van der Waals surface area contributed by atoms with E-state index in [1.54, 1.807) is 18.4 Å². The zero-order chi connectivity index (χ0) is 19.8. The Labute approximate surface area is 166 Å². The molecule has 1 N–H and O–H groups in total. The molecule has 0 bridgehead atoms. The first-order chi connectivity index (χ1) is 14.2. The second-order valence-corrected chi connectivity index (χ2v) is 7.26. The third-order valence-electron chi connectivity index (χ3n) is 5.10. The fraction of sp³-hybridized carbons (Fsp3) is 0.238. The zero-order valence-corrected chi connectivity index (χ0v) is 15.8. The van der Waals surface area contributed by atoms with Crippen LogP contribution >= 0.6 is 0 Å². The summed E-state index contributed by atoms with van der Waals surface area (Å²) in [6, 6.07) is 13.6. The van der Waals surface area contributed by atoms with Gasteiger partial charge in [-0.15, -0.1) is 0 Å². The molecule has 4 aromatic rings. The maximum absolute atomic E-state index is 12.5. The van der Waals surface area contributed by atoms with Gasteiger partial charge in [-0.1, -0.05) is 35.0 Å². The van der Waals surface area contributed by atoms with Crippen LogP contribution < -0.4 is 0 Å². The van der Waals surface area contributed by atoms with Gasteiger partial charge in [-0.05, 0) is 24.6 Å². The number of H-pyrrole nitrogens is 1. The van der Waals surface area contributed by atoms with E-state index in [0.717, 1.165) is 5.56 Å². The number of nitrogens with one attached hydrogen (secondary N) is 1. The number of hydrogen-bond acceptors (Lipinski definition) is 6. The molecule has 1 aromatic carbocycles. The van der Waals surface area contributed by atoms with Crippen molar-refractivity contribution in [3.8, 4) is 23.0 Å². The van der Waals surface area contributed by atoms with Crippen molar-refractivity contribution in [1.82, 2.24) is 25.2 Å². The fourth-order valence-corrected chi connectivity index (χ4v) is 3.50. The highest BCUT2D eigenvalue weighted by molar-refractivity contribution is 5.79. The number of aryl methyl sites for hydroxylation is 1. The van der Waals surface area contributed by atoms with Crippen LogP contribution in [0.5, 0.6) is 0 Å². The van der Waals surface area contributed by atoms with Crippen molar-refractivity contribution >= 4 is 5.91 Å². The van der Waals surface area contributed by atoms with Gasteiger partial charge >= 0.3 is 0 Å². The van der Waals surface area contributed by atoms with E-state index in [2.05, 4.69) is 44.6 Å². The standard InChI is InChI=1S/C21H19N5O3/c1-13-4-6-14(7-5-13)11-26-12-15(9-19(26)27)20-22-21(29-25-20)17-10-16(23-24-17)18-3-2-8-28-18/h2-8,10,15H,9,11-12H2,1H3,(H,23,24). The largest absolute Gasteiger partial charge is 0.463 e. The van der Waals surface area contributed by atoms with Gasteiger partial charge in [0.15, 0.2) is 11.6 Å². The predicted molar refractivity (Wildman–Crippen MR) is 104 cm³/mol. The molecule has 1 fully saturated rings. The number of benzene rings is 1. The second-order valence-electron chi connectivity index (χ2n) is 7.26. The van der Waals surface area contributed by atoms with E-state index >= 15 is 0 Å². The Morgan fingerprint density at radius 3 is 2.90 bits per heavy atom. The molecule has 1 aliphatic rings. The molecule has 0 spiro atoms. The fourth-order valence-electron chi connectivity index (χ4n) is 3.50. The Morgan fingerprint density at radius 2 is 2.10 bits per heavy atom. The van der Waals surface area contributed by atoms with Crippen molar-refractivity contribution in [2.45, 2.75) is 25.8 Å². The molecule has 8 heteroatoms. The highest BCUT2D eigenvalue weighted by Gasteiger charge is 2.34. The summed E-state index contributed by atoms with van der Waals surface area (Å²) >= 11 is 0. The smallest absolute Gasteiger partial charge is 0.275 e. The van der Waals surface area contributed by atoms with Crippen LogP contribution in [0.25, 0.3) is 23.0 Å². The van der Waals surface area contributed by atoms with Gasteiger partial charge < -0.3 is 13.8 Å². The predicted octanol–water partition coefficient (Wildman–Crippen LogP) is 3.54. The number of likely N-dealkylation sites (tertiary alicyclic amines) is 1. The van der Waals surface area contributed by atoms with E-state index in [-0.39, 0.29) is 11.8 Å². The minimum Gasteiger partial charge on any atom is -0.463 e. The van der Waals surface area contributed by atoms with Crippen LogP contribution in [0.3, 0.4) is 0 Å². The van der Waals surface area contributed by atoms with Crippen molar-refractivity contribution in [2.75, 3.05) is 6.54 Å². The monoisotopic (exact) mass is 389 g/mol. The lowest BCUT2D eigenvalue weighted by Gasteiger charge is -2.16. The van der Waals surface area contributed by atoms with Crippen LogP contribution in [-0.4, -0.2) is 37.7 Å². The van der Waals surface area contributed by atoms with Crippen LogP contribution in [0, 0.1) is 6.92 Å². The lowest BCUT2D eigenvalue weighted by Crippen LogP contribution is -2.24. The summed E-state index contributed by atoms with van der Waals surface area (Å²) in [4.78, 5) is 18.8. The van der Waals surface area contributed by atoms with Crippen LogP contribution in [0.4, 0.5) is 0 Å². The average molecular weight is 389 g/mol. The Kier molecular flexibility index (Phi) is 4.23. The summed E-state index contributed by atoms with van der Waals surface area (Å²) in [7, 11) is 0. The number of hydrogen-bond donors (Lipinski definition) is 1. The molecule has 1 saturated heterocycles. The van der Waals surface area contributed by atoms with E-state index in [4.69, 9.17) is 8.94 Å². The summed E-state index contributed by atoms with van der Waals surface area (Å²) in [6.07, 6.45) is 1.97. The molecule has 0 saturated carbocycles. The molecule has 1 unspecified atom stereocenters. The second kappa shape index (κ2) is 7.05. The molecular formula is C21H19N5O3. The van der Waals surface area contributed by atoms with E-state index < -0.39 is 0 Å². The van der Waals surface area contributed by atoms with Gasteiger partial charge in [0, 0.05) is 31.5 Å². The third kappa shape index (κ3) is 3.44. The van der Waals surface area contributed by atoms with Crippen LogP contribution in [0.2, 0.25) is 0 Å². The van der Waals surface area contributed by atoms with E-state index in [0.29, 0.717) is 48.4 Å². The normalized spacial score (nSPS) is 16.7. The zero-order valence-electron chi connectivity index (χ0n) is 15.8. The SMILES string of the molecule is Cc1ccc(CN2CC(c3noc(-c4cc(-c5ccco5)n[nH]4)n3)CC2=O)cc1. The van der Waals surface area contributed by atoms with E-state index in [1.807, 2.05) is 17.9 Å². The number of rotatable bonds is 5. The lowest BCUT2D eigenvalue weighted by atomic mass is 10.1. The molecule has 3 aromatic heterocycles. The maximum atomic E-state index is 12.5. The van der Waals surface area contributed by atoms with Crippen molar-refractivity contribution in [1.29, 1.82) is 0 Å². The molecule has 0 radical (unpaired) electrons. The van der Waals surface area contributed by atoms with Crippen molar-refractivity contribution in [3.63, 3.8) is 0 Å². The topological polar surface area (TPSA) is 101 Å². The van der Waals surface area contributed by atoms with Gasteiger partial charge in [0.1, 0.15) is 11.4 Å². The maximum Gasteiger partial charge on any atom is 0.275 e. The summed E-state index contributed by atoms with van der Waals surface area (Å²) in [5.74, 6) is 1.55. The minimum atomic E-state index is -0.0853. The van der Waals surface area contributed by atoms with Gasteiger partial charge in [-0.3, -0.25) is 9.89 Å². The molecule has 1 atom stereocenters. The summed E-state index contributed by atoms with van der Waals surface area (Å²) in [5.41, 5.74) is 3.58. The third-order valence-corrected chi connectivity index (χ3v) is 5.10. The highest BCUT2D eigenvalue weighted by atomic mass is 16.5. The first kappa shape index (κ1) is 17.4. The number of carbonyl (C=O) groups excluding carboxylic acids is 1. The average Bonchev–Trinajstić information content (AvgIpc) is 3.51. The van der Waals surface area contributed by atoms with E-state index in [1.165, 1.54) is 5.56 Å². The number of amides is 1. The van der Waals surface area contributed by atoms with Crippen LogP contribution in [0.1, 0.15) is 29.3 Å². The van der Waals surface area contributed by atoms with Crippen molar-refractivity contribution < 1.29 is 13.7 Å². The molecule has 146 valence electrons. The van der Waals surface area contributed by atoms with Crippen LogP contribution in [0.15, 0.2) is 57.7 Å². The number of nitrogens with zero attached hydrogens (tertiary/aromatic N) is 4. The summed E-state index contributed by atoms with van der Waals surface area (Å²) < 4.78 is 10.7. The molecule has 8 nitrogen and oxygen atoms in total. The Balaban J connectivity index is 1.29. The molecule has 4 heterocycles. The summed E-state index contributed by atoms with van der Waals surface area (Å²) in [6.45, 7) is 3.21. The Morgan fingerprint density at radius 1 is 1.24 bits per heavy atom. The van der Waals surface area contributed by atoms with Gasteiger partial charge in [0.05, 0.1) is 6.26 Å². The van der Waals surface area contributed by atoms with Crippen molar-refractivity contribution in [2.24, 2.45) is 0 Å². The molecule has 1 aliphatic heterocycles. The number of aromatic nitrogens is 4. The van der Waals surface area contributed by atoms with E-state index in [9.17, 15) is 4.79 Å². The number of furan rings is 1. The van der Waals surface area contributed by atoms with Gasteiger partial charge in [0.2, 0.25) is 5.91 Å². The Hall–Kier alpha value is -3.68.